The zero-order chi connectivity index (χ0) is 39.6. The molecule has 3 rings (SSSR count). The van der Waals surface area contributed by atoms with E-state index in [1.165, 1.54) is 31.3 Å². The van der Waals surface area contributed by atoms with Gasteiger partial charge in [-0.1, -0.05) is 100 Å². The molecule has 3 saturated carbocycles. The molecule has 1 N–H and O–H groups in total. The number of esters is 1. The van der Waals surface area contributed by atoms with Gasteiger partial charge in [-0.25, -0.2) is 4.79 Å². The van der Waals surface area contributed by atoms with Crippen molar-refractivity contribution in [2.75, 3.05) is 6.61 Å². The van der Waals surface area contributed by atoms with Crippen LogP contribution >= 0.6 is 0 Å². The van der Waals surface area contributed by atoms with Crippen LogP contribution in [0.25, 0.3) is 0 Å². The van der Waals surface area contributed by atoms with E-state index in [9.17, 15) is 9.90 Å². The lowest BCUT2D eigenvalue weighted by Gasteiger charge is -2.46. The number of rotatable bonds is 14. The van der Waals surface area contributed by atoms with E-state index in [1.807, 2.05) is 6.92 Å². The van der Waals surface area contributed by atoms with Crippen molar-refractivity contribution in [1.29, 1.82) is 0 Å². The van der Waals surface area contributed by atoms with Gasteiger partial charge in [-0.15, -0.1) is 0 Å². The van der Waals surface area contributed by atoms with Gasteiger partial charge in [0, 0.05) is 17.9 Å². The first-order valence-corrected chi connectivity index (χ1v) is 26.6. The minimum absolute atomic E-state index is 0.0201. The van der Waals surface area contributed by atoms with E-state index in [-0.39, 0.29) is 39.6 Å². The Kier molecular flexibility index (Phi) is 15.0. The number of carbonyl (C=O) groups excluding carboxylic acids is 1. The Morgan fingerprint density at radius 2 is 1.58 bits per heavy atom. The van der Waals surface area contributed by atoms with Crippen LogP contribution in [-0.4, -0.2) is 52.6 Å². The van der Waals surface area contributed by atoms with Crippen molar-refractivity contribution >= 4 is 22.6 Å². The third kappa shape index (κ3) is 10.5. The van der Waals surface area contributed by atoms with Gasteiger partial charge in [0.1, 0.15) is 0 Å². The maximum Gasteiger partial charge on any atom is 0.333 e. The van der Waals surface area contributed by atoms with E-state index in [4.69, 9.17) is 20.2 Å². The third-order valence-corrected chi connectivity index (χ3v) is 23.3. The predicted molar refractivity (Wildman–Crippen MR) is 225 cm³/mol. The summed E-state index contributed by atoms with van der Waals surface area (Å²) < 4.78 is 19.5. The number of fused-ring (bicyclic) bond motifs is 1. The summed E-state index contributed by atoms with van der Waals surface area (Å²) in [5.74, 6) is 1.09. The molecule has 0 aromatic heterocycles. The zero-order valence-electron chi connectivity index (χ0n) is 36.3. The minimum atomic E-state index is -2.03. The molecular weight excluding hydrogens is 677 g/mol. The first-order chi connectivity index (χ1) is 23.8. The molecule has 8 atom stereocenters. The van der Waals surface area contributed by atoms with Gasteiger partial charge < -0.3 is 18.7 Å². The van der Waals surface area contributed by atoms with Gasteiger partial charge in [0.25, 0.3) is 0 Å². The SMILES string of the molecule is C=C(C(=O)OCC)C(CC(C)C)C(O)C[C@@H](C)[C@H]1CC[C@H]2/C(=C/C=C3/C[C@@H](O[Si](C)(C)C(C)(C)C)C[C@H](O[Si](C)(C)C(C)(C)C)C3=C)CCC[C@]12C. The van der Waals surface area contributed by atoms with Gasteiger partial charge in [0.15, 0.2) is 16.6 Å². The molecule has 7 heteroatoms. The van der Waals surface area contributed by atoms with Gasteiger partial charge >= 0.3 is 5.97 Å². The van der Waals surface area contributed by atoms with Gasteiger partial charge in [-0.3, -0.25) is 0 Å². The van der Waals surface area contributed by atoms with Gasteiger partial charge in [-0.2, -0.15) is 0 Å². The molecular formula is C45H80O5Si2. The number of aliphatic hydroxyl groups excluding tert-OH is 1. The molecule has 3 aliphatic carbocycles. The normalized spacial score (nSPS) is 29.7. The first-order valence-electron chi connectivity index (χ1n) is 20.7. The largest absolute Gasteiger partial charge is 0.463 e. The second kappa shape index (κ2) is 17.3. The standard InChI is InChI=1S/C45H80O5Si2/c1-18-48-42(47)33(6)37(26-30(2)3)40(46)27-31(4)38-23-24-39-34(20-19-25-45(38,39)13)21-22-35-28-36(49-51(14,15)43(7,8)9)29-41(32(35)5)50-52(16,17)44(10,11)12/h21-22,30-31,36-41,46H,5-6,18-20,23-29H2,1-4,7-17H3/b34-21+,35-22-/t31-,36-,37?,38-,39+,40?,41+,45-/m1/s1. The van der Waals surface area contributed by atoms with Crippen LogP contribution in [0.15, 0.2) is 47.6 Å². The van der Waals surface area contributed by atoms with E-state index in [0.717, 1.165) is 31.3 Å². The van der Waals surface area contributed by atoms with Crippen LogP contribution in [-0.2, 0) is 18.4 Å². The summed E-state index contributed by atoms with van der Waals surface area (Å²) in [7, 11) is -4.00. The average molecular weight is 757 g/mol. The maximum absolute atomic E-state index is 12.7. The van der Waals surface area contributed by atoms with E-state index in [2.05, 4.69) is 114 Å². The number of hydrogen-bond acceptors (Lipinski definition) is 5. The van der Waals surface area contributed by atoms with Crippen molar-refractivity contribution in [3.63, 3.8) is 0 Å². The summed E-state index contributed by atoms with van der Waals surface area (Å²) in [6, 6.07) is 0. The van der Waals surface area contributed by atoms with Crippen molar-refractivity contribution < 1.29 is 23.5 Å². The van der Waals surface area contributed by atoms with E-state index in [0.29, 0.717) is 42.3 Å². The molecule has 0 radical (unpaired) electrons. The third-order valence-electron chi connectivity index (χ3n) is 14.2. The molecule has 0 heterocycles. The Bertz CT molecular complexity index is 1330. The molecule has 2 unspecified atom stereocenters. The molecule has 5 nitrogen and oxygen atoms in total. The molecule has 298 valence electrons. The average Bonchev–Trinajstić information content (AvgIpc) is 3.36. The number of allylic oxidation sites excluding steroid dienone is 3. The minimum Gasteiger partial charge on any atom is -0.463 e. The maximum atomic E-state index is 12.7. The Labute approximate surface area is 322 Å². The van der Waals surface area contributed by atoms with Crippen LogP contribution in [0.4, 0.5) is 0 Å². The van der Waals surface area contributed by atoms with Crippen molar-refractivity contribution in [3.8, 4) is 0 Å². The molecule has 0 bridgehead atoms. The van der Waals surface area contributed by atoms with Crippen molar-refractivity contribution in [2.45, 2.75) is 189 Å². The van der Waals surface area contributed by atoms with Crippen LogP contribution < -0.4 is 0 Å². The van der Waals surface area contributed by atoms with Crippen LogP contribution in [0.5, 0.6) is 0 Å². The quantitative estimate of drug-likeness (QED) is 0.109. The van der Waals surface area contributed by atoms with Crippen molar-refractivity contribution in [1.82, 2.24) is 0 Å². The highest BCUT2D eigenvalue weighted by Gasteiger charge is 2.51. The van der Waals surface area contributed by atoms with Crippen LogP contribution in [0.1, 0.15) is 134 Å². The number of hydrogen-bond donors (Lipinski definition) is 1. The molecule has 0 spiro atoms. The summed E-state index contributed by atoms with van der Waals surface area (Å²) in [5.41, 5.74) is 4.62. The molecule has 3 fully saturated rings. The molecule has 0 aliphatic heterocycles. The Hall–Kier alpha value is -1.26. The van der Waals surface area contributed by atoms with E-state index < -0.39 is 22.7 Å². The topological polar surface area (TPSA) is 65.0 Å². The molecule has 0 saturated heterocycles. The number of carbonyl (C=O) groups is 1. The predicted octanol–water partition coefficient (Wildman–Crippen LogP) is 12.4. The monoisotopic (exact) mass is 757 g/mol. The molecule has 0 amide bonds. The van der Waals surface area contributed by atoms with Gasteiger partial charge in [0.2, 0.25) is 0 Å². The van der Waals surface area contributed by atoms with E-state index >= 15 is 0 Å². The highest BCUT2D eigenvalue weighted by atomic mass is 28.4. The summed E-state index contributed by atoms with van der Waals surface area (Å²) in [5, 5.41) is 11.9. The summed E-state index contributed by atoms with van der Waals surface area (Å²) in [6.45, 7) is 43.4. The zero-order valence-corrected chi connectivity index (χ0v) is 38.3. The van der Waals surface area contributed by atoms with Crippen molar-refractivity contribution in [2.24, 2.45) is 35.0 Å². The van der Waals surface area contributed by atoms with Crippen LogP contribution in [0.3, 0.4) is 0 Å². The van der Waals surface area contributed by atoms with Crippen LogP contribution in [0, 0.1) is 35.0 Å². The highest BCUT2D eigenvalue weighted by Crippen LogP contribution is 2.60. The fourth-order valence-electron chi connectivity index (χ4n) is 9.10. The smallest absolute Gasteiger partial charge is 0.333 e. The van der Waals surface area contributed by atoms with Gasteiger partial charge in [0.05, 0.1) is 24.9 Å². The molecule has 3 aliphatic rings. The lowest BCUT2D eigenvalue weighted by atomic mass is 9.60. The van der Waals surface area contributed by atoms with Gasteiger partial charge in [-0.05, 0) is 135 Å². The Balaban J connectivity index is 1.87. The number of aliphatic hydroxyl groups is 1. The summed E-state index contributed by atoms with van der Waals surface area (Å²) in [4.78, 5) is 12.7. The fraction of sp³-hybridized carbons (Fsp3) is 0.800. The lowest BCUT2D eigenvalue weighted by molar-refractivity contribution is -0.139. The Morgan fingerprint density at radius 1 is 0.981 bits per heavy atom. The van der Waals surface area contributed by atoms with Crippen molar-refractivity contribution in [3.05, 3.63) is 47.6 Å². The molecule has 0 aromatic carbocycles. The second-order valence-corrected chi connectivity index (χ2v) is 30.1. The molecule has 0 aromatic rings. The van der Waals surface area contributed by atoms with E-state index in [1.54, 1.807) is 5.57 Å². The summed E-state index contributed by atoms with van der Waals surface area (Å²) >= 11 is 0. The fourth-order valence-corrected chi connectivity index (χ4v) is 11.8. The highest BCUT2D eigenvalue weighted by molar-refractivity contribution is 6.74. The summed E-state index contributed by atoms with van der Waals surface area (Å²) in [6.07, 6.45) is 13.5. The molecule has 52 heavy (non-hydrogen) atoms. The second-order valence-electron chi connectivity index (χ2n) is 20.6. The number of ether oxygens (including phenoxy) is 1. The Morgan fingerprint density at radius 3 is 2.13 bits per heavy atom. The van der Waals surface area contributed by atoms with Crippen LogP contribution in [0.2, 0.25) is 36.3 Å². The first kappa shape index (κ1) is 45.1. The lowest BCUT2D eigenvalue weighted by Crippen LogP contribution is -2.49.